The van der Waals surface area contributed by atoms with Gasteiger partial charge in [-0.1, -0.05) is 23.2 Å². The molecule has 0 aliphatic heterocycles. The lowest BCUT2D eigenvalue weighted by Crippen LogP contribution is -2.30. The van der Waals surface area contributed by atoms with Crippen LogP contribution >= 0.6 is 23.2 Å². The summed E-state index contributed by atoms with van der Waals surface area (Å²) in [4.78, 5) is 34.4. The average molecular weight is 398 g/mol. The second kappa shape index (κ2) is 8.03. The number of nitrogens with zero attached hydrogens (tertiary/aromatic N) is 1. The van der Waals surface area contributed by atoms with Gasteiger partial charge in [0.05, 0.1) is 10.5 Å². The fourth-order valence-electron chi connectivity index (χ4n) is 1.98. The van der Waals surface area contributed by atoms with Crippen LogP contribution in [-0.2, 0) is 9.53 Å². The van der Waals surface area contributed by atoms with Crippen molar-refractivity contribution in [3.63, 3.8) is 0 Å². The zero-order valence-corrected chi connectivity index (χ0v) is 14.9. The summed E-state index contributed by atoms with van der Waals surface area (Å²) in [5, 5.41) is 14.0. The minimum Gasteiger partial charge on any atom is -0.449 e. The number of nitrogen functional groups attached to an aromatic ring is 1. The summed E-state index contributed by atoms with van der Waals surface area (Å²) in [6.45, 7) is 1.35. The summed E-state index contributed by atoms with van der Waals surface area (Å²) in [6.07, 6.45) is -1.17. The van der Waals surface area contributed by atoms with E-state index in [0.29, 0.717) is 15.7 Å². The monoisotopic (exact) mass is 397 g/mol. The van der Waals surface area contributed by atoms with Gasteiger partial charge in [0.1, 0.15) is 5.69 Å². The molecule has 0 bridgehead atoms. The number of anilines is 2. The number of amides is 1. The van der Waals surface area contributed by atoms with Gasteiger partial charge in [-0.15, -0.1) is 0 Å². The molecule has 0 saturated carbocycles. The summed E-state index contributed by atoms with van der Waals surface area (Å²) in [5.41, 5.74) is 5.19. The van der Waals surface area contributed by atoms with Gasteiger partial charge in [0, 0.05) is 21.8 Å². The number of nitro groups is 1. The molecule has 0 saturated heterocycles. The Morgan fingerprint density at radius 1 is 1.19 bits per heavy atom. The minimum atomic E-state index is -1.17. The number of esters is 1. The highest BCUT2D eigenvalue weighted by atomic mass is 35.5. The SMILES string of the molecule is CC(OC(=O)c1ccc(N)c([N+](=O)[O-])c1)C(=O)Nc1cc(Cl)cc(Cl)c1. The smallest absolute Gasteiger partial charge is 0.339 e. The molecule has 1 unspecified atom stereocenters. The topological polar surface area (TPSA) is 125 Å². The maximum Gasteiger partial charge on any atom is 0.339 e. The first-order valence-corrected chi connectivity index (χ1v) is 7.95. The summed E-state index contributed by atoms with van der Waals surface area (Å²) >= 11 is 11.7. The number of hydrogen-bond acceptors (Lipinski definition) is 6. The molecule has 26 heavy (non-hydrogen) atoms. The van der Waals surface area contributed by atoms with Gasteiger partial charge < -0.3 is 15.8 Å². The highest BCUT2D eigenvalue weighted by Crippen LogP contribution is 2.24. The highest BCUT2D eigenvalue weighted by molar-refractivity contribution is 6.35. The molecule has 0 aromatic heterocycles. The van der Waals surface area contributed by atoms with E-state index in [0.717, 1.165) is 6.07 Å². The van der Waals surface area contributed by atoms with E-state index in [1.165, 1.54) is 37.3 Å². The van der Waals surface area contributed by atoms with Crippen LogP contribution in [0.1, 0.15) is 17.3 Å². The fraction of sp³-hybridized carbons (Fsp3) is 0.125. The Hall–Kier alpha value is -2.84. The number of nitrogens with two attached hydrogens (primary N) is 1. The molecule has 0 spiro atoms. The van der Waals surface area contributed by atoms with Gasteiger partial charge in [0.15, 0.2) is 6.10 Å². The Morgan fingerprint density at radius 2 is 1.81 bits per heavy atom. The largest absolute Gasteiger partial charge is 0.449 e. The van der Waals surface area contributed by atoms with Crippen LogP contribution in [0.4, 0.5) is 17.1 Å². The lowest BCUT2D eigenvalue weighted by molar-refractivity contribution is -0.383. The number of carbonyl (C=O) groups is 2. The number of nitrogens with one attached hydrogen (secondary N) is 1. The third kappa shape index (κ3) is 4.84. The molecule has 0 radical (unpaired) electrons. The van der Waals surface area contributed by atoms with E-state index < -0.39 is 28.6 Å². The van der Waals surface area contributed by atoms with Crippen molar-refractivity contribution < 1.29 is 19.2 Å². The average Bonchev–Trinajstić information content (AvgIpc) is 2.53. The predicted molar refractivity (Wildman–Crippen MR) is 97.5 cm³/mol. The number of halogens is 2. The fourth-order valence-corrected chi connectivity index (χ4v) is 2.51. The Kier molecular flexibility index (Phi) is 6.01. The maximum absolute atomic E-state index is 12.1. The predicted octanol–water partition coefficient (Wildman–Crippen LogP) is 3.67. The molecule has 0 fully saturated rings. The number of benzene rings is 2. The van der Waals surface area contributed by atoms with E-state index in [-0.39, 0.29) is 11.3 Å². The molecule has 10 heteroatoms. The highest BCUT2D eigenvalue weighted by Gasteiger charge is 2.22. The van der Waals surface area contributed by atoms with E-state index in [1.807, 2.05) is 0 Å². The first-order valence-electron chi connectivity index (χ1n) is 7.19. The molecule has 2 aromatic carbocycles. The summed E-state index contributed by atoms with van der Waals surface area (Å²) in [7, 11) is 0. The third-order valence-corrected chi connectivity index (χ3v) is 3.68. The van der Waals surface area contributed by atoms with Crippen molar-refractivity contribution >= 4 is 52.1 Å². The van der Waals surface area contributed by atoms with Gasteiger partial charge in [-0.25, -0.2) is 4.79 Å². The lowest BCUT2D eigenvalue weighted by Gasteiger charge is -2.14. The van der Waals surface area contributed by atoms with Gasteiger partial charge in [0.2, 0.25) is 0 Å². The minimum absolute atomic E-state index is 0.0878. The van der Waals surface area contributed by atoms with Crippen LogP contribution in [0.25, 0.3) is 0 Å². The van der Waals surface area contributed by atoms with Crippen molar-refractivity contribution in [1.82, 2.24) is 0 Å². The Bertz CT molecular complexity index is 868. The molecule has 0 aliphatic carbocycles. The molecule has 136 valence electrons. The molecule has 8 nitrogen and oxygen atoms in total. The van der Waals surface area contributed by atoms with E-state index >= 15 is 0 Å². The van der Waals surface area contributed by atoms with Gasteiger partial charge in [0.25, 0.3) is 11.6 Å². The second-order valence-corrected chi connectivity index (χ2v) is 6.10. The van der Waals surface area contributed by atoms with E-state index in [4.69, 9.17) is 33.7 Å². The third-order valence-electron chi connectivity index (χ3n) is 3.25. The standard InChI is InChI=1S/C16H13Cl2N3O5/c1-8(15(22)20-12-6-10(17)5-11(18)7-12)26-16(23)9-2-3-13(19)14(4-9)21(24)25/h2-8H,19H2,1H3,(H,20,22). The number of carbonyl (C=O) groups excluding carboxylic acids is 2. The second-order valence-electron chi connectivity index (χ2n) is 5.23. The van der Waals surface area contributed by atoms with E-state index in [2.05, 4.69) is 5.32 Å². The van der Waals surface area contributed by atoms with Crippen molar-refractivity contribution in [3.8, 4) is 0 Å². The van der Waals surface area contributed by atoms with Crippen LogP contribution in [-0.4, -0.2) is 22.9 Å². The van der Waals surface area contributed by atoms with Gasteiger partial charge in [-0.05, 0) is 37.3 Å². The van der Waals surface area contributed by atoms with Crippen LogP contribution in [0, 0.1) is 10.1 Å². The molecule has 0 heterocycles. The van der Waals surface area contributed by atoms with Crippen LogP contribution < -0.4 is 11.1 Å². The quantitative estimate of drug-likeness (QED) is 0.343. The number of nitro benzene ring substituents is 1. The molecular weight excluding hydrogens is 385 g/mol. The summed E-state index contributed by atoms with van der Waals surface area (Å²) in [5.74, 6) is -1.53. The molecule has 1 amide bonds. The molecule has 0 aliphatic rings. The van der Waals surface area contributed by atoms with Crippen LogP contribution in [0.15, 0.2) is 36.4 Å². The molecule has 2 aromatic rings. The Balaban J connectivity index is 2.07. The summed E-state index contributed by atoms with van der Waals surface area (Å²) in [6, 6.07) is 7.92. The zero-order chi connectivity index (χ0) is 19.4. The molecule has 3 N–H and O–H groups in total. The van der Waals surface area contributed by atoms with Gasteiger partial charge in [-0.3, -0.25) is 14.9 Å². The first kappa shape index (κ1) is 19.5. The van der Waals surface area contributed by atoms with Crippen molar-refractivity contribution in [2.45, 2.75) is 13.0 Å². The van der Waals surface area contributed by atoms with Crippen LogP contribution in [0.3, 0.4) is 0 Å². The van der Waals surface area contributed by atoms with E-state index in [9.17, 15) is 19.7 Å². The Morgan fingerprint density at radius 3 is 2.38 bits per heavy atom. The van der Waals surface area contributed by atoms with Gasteiger partial charge in [-0.2, -0.15) is 0 Å². The number of ether oxygens (including phenoxy) is 1. The van der Waals surface area contributed by atoms with Crippen molar-refractivity contribution in [2.24, 2.45) is 0 Å². The number of rotatable bonds is 5. The molecule has 2 rings (SSSR count). The van der Waals surface area contributed by atoms with Crippen molar-refractivity contribution in [3.05, 3.63) is 62.1 Å². The molecule has 1 atom stereocenters. The van der Waals surface area contributed by atoms with Crippen molar-refractivity contribution in [1.29, 1.82) is 0 Å². The zero-order valence-electron chi connectivity index (χ0n) is 13.4. The normalized spacial score (nSPS) is 11.5. The van der Waals surface area contributed by atoms with Crippen LogP contribution in [0.5, 0.6) is 0 Å². The van der Waals surface area contributed by atoms with Gasteiger partial charge >= 0.3 is 5.97 Å². The number of hydrogen-bond donors (Lipinski definition) is 2. The van der Waals surface area contributed by atoms with E-state index in [1.54, 1.807) is 0 Å². The lowest BCUT2D eigenvalue weighted by atomic mass is 10.2. The summed E-state index contributed by atoms with van der Waals surface area (Å²) < 4.78 is 5.03. The van der Waals surface area contributed by atoms with Crippen LogP contribution in [0.2, 0.25) is 10.0 Å². The Labute approximate surface area is 158 Å². The van der Waals surface area contributed by atoms with Crippen molar-refractivity contribution in [2.75, 3.05) is 11.1 Å². The first-order chi connectivity index (χ1) is 12.2. The molecular formula is C16H13Cl2N3O5. The maximum atomic E-state index is 12.1.